The number of rotatable bonds is 9. The molecule has 0 unspecified atom stereocenters. The number of hydrogen-bond acceptors (Lipinski definition) is 9. The molecule has 1 fully saturated rings. The van der Waals surface area contributed by atoms with Gasteiger partial charge in [-0.1, -0.05) is 24.2 Å². The van der Waals surface area contributed by atoms with E-state index in [9.17, 15) is 9.90 Å². The van der Waals surface area contributed by atoms with Gasteiger partial charge in [0.2, 0.25) is 11.8 Å². The molecule has 3 heterocycles. The zero-order valence-electron chi connectivity index (χ0n) is 23.6. The Labute approximate surface area is 248 Å². The van der Waals surface area contributed by atoms with Gasteiger partial charge in [0.1, 0.15) is 29.0 Å². The van der Waals surface area contributed by atoms with Crippen LogP contribution in [0, 0.1) is 0 Å². The number of pyridine rings is 1. The molecule has 1 amide bonds. The predicted molar refractivity (Wildman–Crippen MR) is 161 cm³/mol. The Morgan fingerprint density at radius 2 is 1.93 bits per heavy atom. The Balaban J connectivity index is 1.47. The highest BCUT2D eigenvalue weighted by Crippen LogP contribution is 2.39. The molecular formula is C31H32ClN5O5. The molecule has 42 heavy (non-hydrogen) atoms. The number of hydrogen-bond donors (Lipinski definition) is 2. The van der Waals surface area contributed by atoms with Crippen LogP contribution in [0.4, 0.5) is 11.5 Å². The van der Waals surface area contributed by atoms with E-state index >= 15 is 0 Å². The van der Waals surface area contributed by atoms with Crippen LogP contribution in [0.2, 0.25) is 5.02 Å². The van der Waals surface area contributed by atoms with E-state index in [4.69, 9.17) is 25.8 Å². The Morgan fingerprint density at radius 1 is 1.14 bits per heavy atom. The third-order valence-corrected chi connectivity index (χ3v) is 7.27. The van der Waals surface area contributed by atoms with Gasteiger partial charge in [-0.15, -0.1) is 0 Å². The van der Waals surface area contributed by atoms with E-state index in [0.29, 0.717) is 76.2 Å². The number of piperidine rings is 1. The van der Waals surface area contributed by atoms with Gasteiger partial charge in [0.05, 0.1) is 18.2 Å². The van der Waals surface area contributed by atoms with E-state index in [0.717, 1.165) is 0 Å². The van der Waals surface area contributed by atoms with E-state index in [1.54, 1.807) is 68.5 Å². The number of fused-ring (bicyclic) bond motifs is 1. The molecule has 4 aromatic rings. The first-order valence-electron chi connectivity index (χ1n) is 13.5. The van der Waals surface area contributed by atoms with Gasteiger partial charge in [-0.25, -0.2) is 15.0 Å². The van der Waals surface area contributed by atoms with E-state index in [1.165, 1.54) is 12.4 Å². The molecule has 1 aliphatic heterocycles. The van der Waals surface area contributed by atoms with Crippen LogP contribution in [0.15, 0.2) is 67.6 Å². The number of nitrogens with one attached hydrogen (secondary N) is 1. The summed E-state index contributed by atoms with van der Waals surface area (Å²) in [6, 6.07) is 12.3. The number of benzene rings is 2. The summed E-state index contributed by atoms with van der Waals surface area (Å²) in [5.41, 5.74) is 0.663. The van der Waals surface area contributed by atoms with Gasteiger partial charge >= 0.3 is 0 Å². The summed E-state index contributed by atoms with van der Waals surface area (Å²) in [4.78, 5) is 26.9. The van der Waals surface area contributed by atoms with Crippen molar-refractivity contribution in [1.82, 2.24) is 19.9 Å². The van der Waals surface area contributed by atoms with Crippen LogP contribution in [0.25, 0.3) is 10.9 Å². The molecule has 0 saturated carbocycles. The van der Waals surface area contributed by atoms with Crippen LogP contribution in [0.1, 0.15) is 32.3 Å². The lowest BCUT2D eigenvalue weighted by molar-refractivity contribution is -0.127. The summed E-state index contributed by atoms with van der Waals surface area (Å²) in [7, 11) is 1.58. The standard InChI is InChI=1S/C31H32ClN5O5/c1-5-28(38)37-13-10-19(11-14-37)41-27-16-21-24(17-26(27)40-4)34-18-35-29(21)36-25-15-20(8-9-22(25)31(2,3)39)42-30-23(32)7-6-12-33-30/h5-9,12,15-19,39H,1,10-11,13-14H2,2-4H3,(H,34,35,36). The molecule has 1 aliphatic rings. The minimum atomic E-state index is -1.17. The van der Waals surface area contributed by atoms with Crippen LogP contribution in [-0.2, 0) is 10.4 Å². The number of aliphatic hydroxyl groups is 1. The average Bonchev–Trinajstić information content (AvgIpc) is 2.98. The second kappa shape index (κ2) is 12.2. The summed E-state index contributed by atoms with van der Waals surface area (Å²) in [6.45, 7) is 8.15. The second-order valence-electron chi connectivity index (χ2n) is 10.4. The molecule has 0 atom stereocenters. The monoisotopic (exact) mass is 589 g/mol. The lowest BCUT2D eigenvalue weighted by Crippen LogP contribution is -2.41. The highest BCUT2D eigenvalue weighted by atomic mass is 35.5. The number of anilines is 2. The molecular weight excluding hydrogens is 558 g/mol. The SMILES string of the molecule is C=CC(=O)N1CCC(Oc2cc3c(Nc4cc(Oc5ncccc5Cl)ccc4C(C)(C)O)ncnc3cc2OC)CC1. The molecule has 2 aromatic carbocycles. The topological polar surface area (TPSA) is 119 Å². The van der Waals surface area contributed by atoms with E-state index < -0.39 is 5.60 Å². The number of carbonyl (C=O) groups is 1. The molecule has 10 nitrogen and oxygen atoms in total. The van der Waals surface area contributed by atoms with Gasteiger partial charge in [-0.2, -0.15) is 0 Å². The lowest BCUT2D eigenvalue weighted by atomic mass is 9.96. The fraction of sp³-hybridized carbons (Fsp3) is 0.290. The quantitative estimate of drug-likeness (QED) is 0.226. The highest BCUT2D eigenvalue weighted by Gasteiger charge is 2.25. The van der Waals surface area contributed by atoms with Crippen molar-refractivity contribution in [2.75, 3.05) is 25.5 Å². The maximum Gasteiger partial charge on any atom is 0.245 e. The van der Waals surface area contributed by atoms with Crippen molar-refractivity contribution < 1.29 is 24.1 Å². The zero-order chi connectivity index (χ0) is 29.9. The van der Waals surface area contributed by atoms with Gasteiger partial charge in [0, 0.05) is 60.9 Å². The number of nitrogens with zero attached hydrogens (tertiary/aromatic N) is 4. The largest absolute Gasteiger partial charge is 0.493 e. The van der Waals surface area contributed by atoms with Crippen LogP contribution >= 0.6 is 11.6 Å². The third kappa shape index (κ3) is 6.40. The molecule has 218 valence electrons. The second-order valence-corrected chi connectivity index (χ2v) is 10.8. The molecule has 2 aromatic heterocycles. The Bertz CT molecular complexity index is 1620. The minimum Gasteiger partial charge on any atom is -0.493 e. The maximum atomic E-state index is 12.0. The Morgan fingerprint density at radius 3 is 2.62 bits per heavy atom. The van der Waals surface area contributed by atoms with Crippen LogP contribution in [0.5, 0.6) is 23.1 Å². The molecule has 0 radical (unpaired) electrons. The lowest BCUT2D eigenvalue weighted by Gasteiger charge is -2.31. The van der Waals surface area contributed by atoms with Crippen molar-refractivity contribution in [3.63, 3.8) is 0 Å². The molecule has 5 rings (SSSR count). The number of ether oxygens (including phenoxy) is 3. The first-order valence-corrected chi connectivity index (χ1v) is 13.9. The highest BCUT2D eigenvalue weighted by molar-refractivity contribution is 6.31. The van der Waals surface area contributed by atoms with E-state index in [-0.39, 0.29) is 17.9 Å². The van der Waals surface area contributed by atoms with Crippen LogP contribution < -0.4 is 19.5 Å². The van der Waals surface area contributed by atoms with Crippen molar-refractivity contribution in [1.29, 1.82) is 0 Å². The summed E-state index contributed by atoms with van der Waals surface area (Å²) in [5, 5.41) is 15.4. The maximum absolute atomic E-state index is 12.0. The number of amides is 1. The van der Waals surface area contributed by atoms with Gasteiger partial charge < -0.3 is 29.5 Å². The van der Waals surface area contributed by atoms with Gasteiger partial charge in [0.15, 0.2) is 11.5 Å². The fourth-order valence-electron chi connectivity index (χ4n) is 4.83. The van der Waals surface area contributed by atoms with E-state index in [2.05, 4.69) is 26.8 Å². The minimum absolute atomic E-state index is 0.0763. The fourth-order valence-corrected chi connectivity index (χ4v) is 4.99. The average molecular weight is 590 g/mol. The van der Waals surface area contributed by atoms with Crippen molar-refractivity contribution in [3.8, 4) is 23.1 Å². The molecule has 0 bridgehead atoms. The summed E-state index contributed by atoms with van der Waals surface area (Å²) in [6.07, 6.45) is 5.64. The number of methoxy groups -OCH3 is 1. The Hall–Kier alpha value is -4.41. The van der Waals surface area contributed by atoms with Crippen molar-refractivity contribution in [2.24, 2.45) is 0 Å². The van der Waals surface area contributed by atoms with Gasteiger partial charge in [-0.05, 0) is 44.2 Å². The Kier molecular flexibility index (Phi) is 8.46. The number of likely N-dealkylation sites (tertiary alicyclic amines) is 1. The summed E-state index contributed by atoms with van der Waals surface area (Å²) >= 11 is 6.25. The van der Waals surface area contributed by atoms with Gasteiger partial charge in [0.25, 0.3) is 0 Å². The first-order chi connectivity index (χ1) is 20.2. The molecule has 0 aliphatic carbocycles. The van der Waals surface area contributed by atoms with Crippen LogP contribution in [-0.4, -0.2) is 57.2 Å². The number of carbonyl (C=O) groups excluding carboxylic acids is 1. The number of aromatic nitrogens is 3. The normalized spacial score (nSPS) is 14.0. The van der Waals surface area contributed by atoms with Gasteiger partial charge in [-0.3, -0.25) is 4.79 Å². The van der Waals surface area contributed by atoms with Crippen molar-refractivity contribution >= 4 is 39.9 Å². The zero-order valence-corrected chi connectivity index (χ0v) is 24.4. The summed E-state index contributed by atoms with van der Waals surface area (Å²) in [5.74, 6) is 2.24. The van der Waals surface area contributed by atoms with E-state index in [1.807, 2.05) is 6.07 Å². The number of halogens is 1. The third-order valence-electron chi connectivity index (χ3n) is 6.99. The molecule has 2 N–H and O–H groups in total. The van der Waals surface area contributed by atoms with Crippen LogP contribution in [0.3, 0.4) is 0 Å². The predicted octanol–water partition coefficient (Wildman–Crippen LogP) is 6.01. The summed E-state index contributed by atoms with van der Waals surface area (Å²) < 4.78 is 17.9. The molecule has 11 heteroatoms. The first kappa shape index (κ1) is 29.1. The van der Waals surface area contributed by atoms with Crippen molar-refractivity contribution in [2.45, 2.75) is 38.4 Å². The molecule has 0 spiro atoms. The van der Waals surface area contributed by atoms with Crippen molar-refractivity contribution in [3.05, 3.63) is 78.2 Å². The smallest absolute Gasteiger partial charge is 0.245 e. The molecule has 1 saturated heterocycles.